The number of primary amides is 1. The number of hydrogen-bond acceptors (Lipinski definition) is 3. The standard InChI is InChI=1S/C7H13NO4S.Na.H/c1-5(6(8)9)7(2,3)4-13(10,11)12;;/h1,4H2,2-3H3,(H2,8,9)(H,10,11,12);;/q;+1;-1. The molecule has 5 nitrogen and oxygen atoms in total. The molecule has 0 aromatic heterocycles. The second-order valence-electron chi connectivity index (χ2n) is 3.45. The summed E-state index contributed by atoms with van der Waals surface area (Å²) < 4.78 is 29.6. The van der Waals surface area contributed by atoms with Crippen molar-refractivity contribution < 1.29 is 48.7 Å². The maximum Gasteiger partial charge on any atom is 1.00 e. The fourth-order valence-corrected chi connectivity index (χ4v) is 1.96. The molecular formula is C7H14NNaO4S. The molecule has 0 radical (unpaired) electrons. The van der Waals surface area contributed by atoms with Gasteiger partial charge in [-0.25, -0.2) is 0 Å². The van der Waals surface area contributed by atoms with Crippen LogP contribution in [0.4, 0.5) is 0 Å². The molecule has 78 valence electrons. The Labute approximate surface area is 107 Å². The van der Waals surface area contributed by atoms with Gasteiger partial charge >= 0.3 is 29.6 Å². The minimum Gasteiger partial charge on any atom is -1.00 e. The molecule has 0 heterocycles. The number of amides is 1. The Morgan fingerprint density at radius 2 is 1.93 bits per heavy atom. The van der Waals surface area contributed by atoms with E-state index in [2.05, 4.69) is 6.58 Å². The number of rotatable bonds is 4. The number of carbonyl (C=O) groups is 1. The Kier molecular flexibility index (Phi) is 6.23. The summed E-state index contributed by atoms with van der Waals surface area (Å²) in [6, 6.07) is 0. The number of nitrogens with two attached hydrogens (primary N) is 1. The summed E-state index contributed by atoms with van der Waals surface area (Å²) in [5.74, 6) is -1.34. The molecule has 0 aliphatic heterocycles. The summed E-state index contributed by atoms with van der Waals surface area (Å²) in [4.78, 5) is 10.7. The molecule has 14 heavy (non-hydrogen) atoms. The second kappa shape index (κ2) is 5.27. The molecule has 0 bridgehead atoms. The quantitative estimate of drug-likeness (QED) is 0.307. The molecule has 0 spiro atoms. The molecule has 0 rings (SSSR count). The van der Waals surface area contributed by atoms with Crippen molar-refractivity contribution in [1.82, 2.24) is 0 Å². The van der Waals surface area contributed by atoms with Gasteiger partial charge in [0.15, 0.2) is 0 Å². The fourth-order valence-electron chi connectivity index (χ4n) is 0.877. The average molecular weight is 231 g/mol. The van der Waals surface area contributed by atoms with Gasteiger partial charge in [-0.2, -0.15) is 8.42 Å². The van der Waals surface area contributed by atoms with E-state index in [4.69, 9.17) is 10.3 Å². The van der Waals surface area contributed by atoms with Gasteiger partial charge in [0.25, 0.3) is 10.1 Å². The van der Waals surface area contributed by atoms with Gasteiger partial charge in [-0.3, -0.25) is 9.35 Å². The van der Waals surface area contributed by atoms with Crippen molar-refractivity contribution in [1.29, 1.82) is 0 Å². The number of hydrogen-bond donors (Lipinski definition) is 2. The van der Waals surface area contributed by atoms with Crippen LogP contribution in [0.2, 0.25) is 0 Å². The van der Waals surface area contributed by atoms with Crippen LogP contribution in [0.15, 0.2) is 12.2 Å². The summed E-state index contributed by atoms with van der Waals surface area (Å²) in [6.07, 6.45) is 0. The number of carbonyl (C=O) groups excluding carboxylic acids is 1. The topological polar surface area (TPSA) is 97.5 Å². The van der Waals surface area contributed by atoms with Gasteiger partial charge in [-0.1, -0.05) is 20.4 Å². The maximum absolute atomic E-state index is 10.7. The van der Waals surface area contributed by atoms with Crippen molar-refractivity contribution in [3.63, 3.8) is 0 Å². The van der Waals surface area contributed by atoms with Crippen LogP contribution in [0.1, 0.15) is 15.3 Å². The summed E-state index contributed by atoms with van der Waals surface area (Å²) in [6.45, 7) is 6.29. The van der Waals surface area contributed by atoms with Crippen LogP contribution in [0.25, 0.3) is 0 Å². The van der Waals surface area contributed by atoms with E-state index in [-0.39, 0.29) is 36.6 Å². The van der Waals surface area contributed by atoms with E-state index in [0.29, 0.717) is 0 Å². The third-order valence-corrected chi connectivity index (χ3v) is 2.74. The third-order valence-electron chi connectivity index (χ3n) is 1.66. The summed E-state index contributed by atoms with van der Waals surface area (Å²) >= 11 is 0. The van der Waals surface area contributed by atoms with Crippen molar-refractivity contribution in [2.24, 2.45) is 11.1 Å². The van der Waals surface area contributed by atoms with Gasteiger partial charge in [0.05, 0.1) is 5.75 Å². The molecule has 3 N–H and O–H groups in total. The molecule has 7 heteroatoms. The van der Waals surface area contributed by atoms with Gasteiger partial charge < -0.3 is 7.16 Å². The van der Waals surface area contributed by atoms with Crippen molar-refractivity contribution in [2.45, 2.75) is 13.8 Å². The molecule has 0 unspecified atom stereocenters. The molecule has 0 aliphatic rings. The Bertz CT molecular complexity index is 339. The molecule has 0 fully saturated rings. The molecular weight excluding hydrogens is 217 g/mol. The van der Waals surface area contributed by atoms with Crippen molar-refractivity contribution in [3.05, 3.63) is 12.2 Å². The largest absolute Gasteiger partial charge is 1.00 e. The Hall–Kier alpha value is 0.120. The van der Waals surface area contributed by atoms with Crippen LogP contribution in [0, 0.1) is 5.41 Å². The first kappa shape index (κ1) is 16.5. The van der Waals surface area contributed by atoms with E-state index in [9.17, 15) is 13.2 Å². The minimum atomic E-state index is -4.13. The van der Waals surface area contributed by atoms with E-state index in [1.165, 1.54) is 13.8 Å². The van der Waals surface area contributed by atoms with Gasteiger partial charge in [-0.05, 0) is 0 Å². The van der Waals surface area contributed by atoms with Gasteiger partial charge in [-0.15, -0.1) is 0 Å². The van der Waals surface area contributed by atoms with E-state index < -0.39 is 27.2 Å². The van der Waals surface area contributed by atoms with E-state index in [0.717, 1.165) is 0 Å². The predicted octanol–water partition coefficient (Wildman–Crippen LogP) is -2.94. The van der Waals surface area contributed by atoms with Crippen LogP contribution in [-0.4, -0.2) is 24.6 Å². The Balaban J connectivity index is -0.000000720. The maximum atomic E-state index is 10.7. The summed E-state index contributed by atoms with van der Waals surface area (Å²) in [7, 11) is -4.13. The van der Waals surface area contributed by atoms with Crippen molar-refractivity contribution in [2.75, 3.05) is 5.75 Å². The van der Waals surface area contributed by atoms with Gasteiger partial charge in [0, 0.05) is 11.0 Å². The molecule has 0 aliphatic carbocycles. The SMILES string of the molecule is C=C(C(N)=O)C(C)(C)CS(=O)(=O)O.[H-].[Na+]. The first-order valence-corrected chi connectivity index (χ1v) is 5.11. The minimum absolute atomic E-state index is 0. The molecule has 0 atom stereocenters. The van der Waals surface area contributed by atoms with Crippen LogP contribution < -0.4 is 35.3 Å². The molecule has 0 saturated heterocycles. The summed E-state index contributed by atoms with van der Waals surface area (Å²) in [5.41, 5.74) is 3.86. The fraction of sp³-hybridized carbons (Fsp3) is 0.571. The van der Waals surface area contributed by atoms with Gasteiger partial charge in [0.2, 0.25) is 5.91 Å². The summed E-state index contributed by atoms with van der Waals surface area (Å²) in [5, 5.41) is 0. The Morgan fingerprint density at radius 1 is 1.57 bits per heavy atom. The smallest absolute Gasteiger partial charge is 1.00 e. The zero-order chi connectivity index (χ0) is 10.9. The Morgan fingerprint density at radius 3 is 2.14 bits per heavy atom. The molecule has 0 aromatic rings. The van der Waals surface area contributed by atoms with Crippen molar-refractivity contribution in [3.8, 4) is 0 Å². The van der Waals surface area contributed by atoms with E-state index in [1.54, 1.807) is 0 Å². The third kappa shape index (κ3) is 5.77. The second-order valence-corrected chi connectivity index (χ2v) is 4.91. The molecule has 0 aromatic carbocycles. The van der Waals surface area contributed by atoms with Crippen LogP contribution in [0.5, 0.6) is 0 Å². The zero-order valence-corrected chi connectivity index (χ0v) is 11.4. The average Bonchev–Trinajstić information content (AvgIpc) is 1.80. The first-order chi connectivity index (χ1) is 5.56. The van der Waals surface area contributed by atoms with Gasteiger partial charge in [0.1, 0.15) is 0 Å². The monoisotopic (exact) mass is 231 g/mol. The van der Waals surface area contributed by atoms with E-state index in [1.807, 2.05) is 0 Å². The van der Waals surface area contributed by atoms with E-state index >= 15 is 0 Å². The van der Waals surface area contributed by atoms with Crippen LogP contribution >= 0.6 is 0 Å². The normalized spacial score (nSPS) is 11.6. The molecule has 1 amide bonds. The first-order valence-electron chi connectivity index (χ1n) is 3.50. The zero-order valence-electron chi connectivity index (χ0n) is 9.57. The van der Waals surface area contributed by atoms with Crippen LogP contribution in [-0.2, 0) is 14.9 Å². The predicted molar refractivity (Wildman–Crippen MR) is 49.6 cm³/mol. The van der Waals surface area contributed by atoms with Crippen molar-refractivity contribution >= 4 is 16.0 Å². The van der Waals surface area contributed by atoms with Crippen LogP contribution in [0.3, 0.4) is 0 Å². The molecule has 0 saturated carbocycles.